The van der Waals surface area contributed by atoms with Crippen molar-refractivity contribution in [3.05, 3.63) is 35.2 Å². The Morgan fingerprint density at radius 3 is 2.88 bits per heavy atom. The highest BCUT2D eigenvalue weighted by Crippen LogP contribution is 2.30. The number of fused-ring (bicyclic) bond motifs is 1. The van der Waals surface area contributed by atoms with Crippen LogP contribution in [0.2, 0.25) is 5.02 Å². The van der Waals surface area contributed by atoms with Gasteiger partial charge in [0.1, 0.15) is 17.1 Å². The Labute approximate surface area is 204 Å². The van der Waals surface area contributed by atoms with Crippen molar-refractivity contribution in [3.8, 4) is 11.4 Å². The van der Waals surface area contributed by atoms with E-state index in [1.807, 2.05) is 39.2 Å². The Bertz CT molecular complexity index is 1180. The number of nitrogens with zero attached hydrogens (tertiary/aromatic N) is 5. The van der Waals surface area contributed by atoms with Crippen LogP contribution >= 0.6 is 11.6 Å². The smallest absolute Gasteiger partial charge is 0.335 e. The number of rotatable bonds is 6. The zero-order chi connectivity index (χ0) is 24.5. The first-order chi connectivity index (χ1) is 16.2. The second-order valence-electron chi connectivity index (χ2n) is 9.02. The van der Waals surface area contributed by atoms with Gasteiger partial charge in [-0.05, 0) is 45.6 Å². The number of aryl methyl sites for hydroxylation is 1. The van der Waals surface area contributed by atoms with Gasteiger partial charge in [-0.25, -0.2) is 25.6 Å². The summed E-state index contributed by atoms with van der Waals surface area (Å²) in [7, 11) is 0. The number of H-pyrrole nitrogens is 1. The number of hydrazine groups is 1. The SMILES string of the molecule is CCc1cnc(-c2c[nH]c3ncc(Cl)cc23)nc1NC[C@@]1(N)CCCCN1C(=O)N(N)C(C)C. The van der Waals surface area contributed by atoms with E-state index in [1.165, 1.54) is 5.01 Å². The number of urea groups is 1. The fourth-order valence-corrected chi connectivity index (χ4v) is 4.39. The maximum Gasteiger partial charge on any atom is 0.335 e. The minimum Gasteiger partial charge on any atom is -0.366 e. The van der Waals surface area contributed by atoms with E-state index in [9.17, 15) is 4.79 Å². The third kappa shape index (κ3) is 4.66. The summed E-state index contributed by atoms with van der Waals surface area (Å²) < 4.78 is 0. The maximum atomic E-state index is 13.0. The van der Waals surface area contributed by atoms with E-state index in [2.05, 4.69) is 20.3 Å². The van der Waals surface area contributed by atoms with E-state index in [-0.39, 0.29) is 12.1 Å². The van der Waals surface area contributed by atoms with Crippen molar-refractivity contribution < 1.29 is 4.79 Å². The van der Waals surface area contributed by atoms with Crippen LogP contribution in [0.25, 0.3) is 22.4 Å². The molecular weight excluding hydrogens is 454 g/mol. The topological polar surface area (TPSA) is 142 Å². The van der Waals surface area contributed by atoms with Crippen molar-refractivity contribution in [2.75, 3.05) is 18.4 Å². The van der Waals surface area contributed by atoms with Gasteiger partial charge in [-0.1, -0.05) is 18.5 Å². The van der Waals surface area contributed by atoms with Crippen LogP contribution in [-0.2, 0) is 6.42 Å². The van der Waals surface area contributed by atoms with E-state index >= 15 is 0 Å². The zero-order valence-electron chi connectivity index (χ0n) is 19.8. The van der Waals surface area contributed by atoms with Crippen molar-refractivity contribution in [1.82, 2.24) is 29.8 Å². The van der Waals surface area contributed by atoms with Crippen LogP contribution in [-0.4, -0.2) is 60.7 Å². The lowest BCUT2D eigenvalue weighted by Gasteiger charge is -2.46. The van der Waals surface area contributed by atoms with Crippen LogP contribution in [0.4, 0.5) is 10.6 Å². The van der Waals surface area contributed by atoms with Crippen LogP contribution in [0.3, 0.4) is 0 Å². The van der Waals surface area contributed by atoms with Gasteiger partial charge in [-0.3, -0.25) is 5.01 Å². The Morgan fingerprint density at radius 2 is 2.15 bits per heavy atom. The Kier molecular flexibility index (Phi) is 6.92. The highest BCUT2D eigenvalue weighted by atomic mass is 35.5. The molecule has 0 radical (unpaired) electrons. The molecule has 182 valence electrons. The number of carbonyl (C=O) groups is 1. The molecule has 1 aliphatic heterocycles. The Hall–Kier alpha value is -2.95. The molecule has 3 aromatic heterocycles. The first-order valence-electron chi connectivity index (χ1n) is 11.6. The van der Waals surface area contributed by atoms with Gasteiger partial charge in [0.2, 0.25) is 0 Å². The lowest BCUT2D eigenvalue weighted by atomic mass is 9.96. The molecule has 2 amide bonds. The summed E-state index contributed by atoms with van der Waals surface area (Å²) in [5.41, 5.74) is 8.40. The van der Waals surface area contributed by atoms with Gasteiger partial charge in [-0.15, -0.1) is 0 Å². The van der Waals surface area contributed by atoms with Gasteiger partial charge >= 0.3 is 6.03 Å². The maximum absolute atomic E-state index is 13.0. The van der Waals surface area contributed by atoms with Crippen molar-refractivity contribution in [3.63, 3.8) is 0 Å². The van der Waals surface area contributed by atoms with Gasteiger partial charge < -0.3 is 20.9 Å². The Morgan fingerprint density at radius 1 is 1.35 bits per heavy atom. The van der Waals surface area contributed by atoms with Gasteiger partial charge in [-0.2, -0.15) is 0 Å². The van der Waals surface area contributed by atoms with E-state index in [4.69, 9.17) is 28.2 Å². The monoisotopic (exact) mass is 485 g/mol. The normalized spacial score (nSPS) is 18.5. The zero-order valence-corrected chi connectivity index (χ0v) is 20.6. The first-order valence-corrected chi connectivity index (χ1v) is 12.0. The van der Waals surface area contributed by atoms with Crippen LogP contribution in [0.15, 0.2) is 24.7 Å². The molecule has 6 N–H and O–H groups in total. The summed E-state index contributed by atoms with van der Waals surface area (Å²) in [4.78, 5) is 31.5. The highest BCUT2D eigenvalue weighted by molar-refractivity contribution is 6.31. The summed E-state index contributed by atoms with van der Waals surface area (Å²) in [6.45, 7) is 6.71. The van der Waals surface area contributed by atoms with E-state index in [0.717, 1.165) is 35.8 Å². The Balaban J connectivity index is 1.61. The standard InChI is InChI=1S/C23H32ClN9O/c1-4-15-10-27-21(18-12-29-20-17(18)9-16(24)11-28-20)31-19(15)30-13-23(25)7-5-6-8-32(23)22(34)33(26)14(2)3/h9-12,14H,4-8,13,25-26H2,1-3H3,(H,28,29)(H,27,30,31)/t23-/m1/s1. The molecule has 3 aromatic rings. The molecule has 0 saturated carbocycles. The van der Waals surface area contributed by atoms with Crippen LogP contribution in [0.5, 0.6) is 0 Å². The highest BCUT2D eigenvalue weighted by Gasteiger charge is 2.40. The fourth-order valence-electron chi connectivity index (χ4n) is 4.24. The molecule has 0 spiro atoms. The molecule has 4 rings (SSSR count). The number of nitrogens with two attached hydrogens (primary N) is 2. The van der Waals surface area contributed by atoms with Crippen molar-refractivity contribution in [1.29, 1.82) is 0 Å². The molecule has 1 aliphatic rings. The number of aromatic amines is 1. The molecule has 1 fully saturated rings. The average Bonchev–Trinajstić information content (AvgIpc) is 3.25. The first kappa shape index (κ1) is 24.2. The third-order valence-electron chi connectivity index (χ3n) is 6.33. The van der Waals surface area contributed by atoms with Crippen molar-refractivity contribution >= 4 is 34.5 Å². The number of halogens is 1. The summed E-state index contributed by atoms with van der Waals surface area (Å²) in [5, 5.41) is 6.03. The number of hydrogen-bond acceptors (Lipinski definition) is 7. The molecule has 0 bridgehead atoms. The molecule has 0 aromatic carbocycles. The van der Waals surface area contributed by atoms with E-state index in [0.29, 0.717) is 41.8 Å². The summed E-state index contributed by atoms with van der Waals surface area (Å²) >= 11 is 6.16. The molecule has 0 unspecified atom stereocenters. The van der Waals surface area contributed by atoms with Gasteiger partial charge in [0, 0.05) is 47.7 Å². The number of anilines is 1. The number of aromatic nitrogens is 4. The molecular formula is C23H32ClN9O. The van der Waals surface area contributed by atoms with Crippen LogP contribution < -0.4 is 16.9 Å². The third-order valence-corrected chi connectivity index (χ3v) is 6.54. The molecule has 4 heterocycles. The minimum absolute atomic E-state index is 0.123. The predicted molar refractivity (Wildman–Crippen MR) is 134 cm³/mol. The number of pyridine rings is 1. The number of likely N-dealkylation sites (tertiary alicyclic amines) is 1. The minimum atomic E-state index is -0.879. The lowest BCUT2D eigenvalue weighted by Crippen LogP contribution is -2.67. The average molecular weight is 486 g/mol. The second kappa shape index (κ2) is 9.73. The second-order valence-corrected chi connectivity index (χ2v) is 9.46. The van der Waals surface area contributed by atoms with E-state index < -0.39 is 5.66 Å². The molecule has 0 aliphatic carbocycles. The van der Waals surface area contributed by atoms with Crippen LogP contribution in [0, 0.1) is 0 Å². The largest absolute Gasteiger partial charge is 0.366 e. The molecule has 34 heavy (non-hydrogen) atoms. The number of piperidine rings is 1. The van der Waals surface area contributed by atoms with Crippen molar-refractivity contribution in [2.24, 2.45) is 11.6 Å². The van der Waals surface area contributed by atoms with Gasteiger partial charge in [0.25, 0.3) is 0 Å². The molecule has 1 atom stereocenters. The number of amides is 2. The number of hydrogen-bond donors (Lipinski definition) is 4. The van der Waals surface area contributed by atoms with Gasteiger partial charge in [0.05, 0.1) is 11.6 Å². The predicted octanol–water partition coefficient (Wildman–Crippen LogP) is 3.49. The summed E-state index contributed by atoms with van der Waals surface area (Å²) in [6.07, 6.45) is 8.48. The molecule has 11 heteroatoms. The number of nitrogens with one attached hydrogen (secondary N) is 2. The van der Waals surface area contributed by atoms with Gasteiger partial charge in [0.15, 0.2) is 5.82 Å². The molecule has 1 saturated heterocycles. The lowest BCUT2D eigenvalue weighted by molar-refractivity contribution is 0.0594. The van der Waals surface area contributed by atoms with E-state index in [1.54, 1.807) is 11.1 Å². The van der Waals surface area contributed by atoms with Crippen LogP contribution in [0.1, 0.15) is 45.6 Å². The van der Waals surface area contributed by atoms with Crippen molar-refractivity contribution in [2.45, 2.75) is 58.2 Å². The molecule has 10 nitrogen and oxygen atoms in total. The fraction of sp³-hybridized carbons (Fsp3) is 0.478. The number of carbonyl (C=O) groups excluding carboxylic acids is 1. The summed E-state index contributed by atoms with van der Waals surface area (Å²) in [5.74, 6) is 7.26. The summed E-state index contributed by atoms with van der Waals surface area (Å²) in [6, 6.07) is 1.45. The quantitative estimate of drug-likeness (QED) is 0.238.